The van der Waals surface area contributed by atoms with Crippen LogP contribution >= 0.6 is 0 Å². The Morgan fingerprint density at radius 1 is 1.27 bits per heavy atom. The summed E-state index contributed by atoms with van der Waals surface area (Å²) in [5.41, 5.74) is 1.10. The van der Waals surface area contributed by atoms with Gasteiger partial charge >= 0.3 is 0 Å². The lowest BCUT2D eigenvalue weighted by Crippen LogP contribution is -2.35. The van der Waals surface area contributed by atoms with Crippen molar-refractivity contribution in [3.8, 4) is 0 Å². The first kappa shape index (κ1) is 19.4. The highest BCUT2D eigenvalue weighted by Crippen LogP contribution is 2.07. The molecule has 0 bridgehead atoms. The number of nitrogens with zero attached hydrogens (tertiary/aromatic N) is 3. The number of anilines is 1. The zero-order valence-corrected chi connectivity index (χ0v) is 15.4. The summed E-state index contributed by atoms with van der Waals surface area (Å²) in [5.74, 6) is 0.671. The number of benzene rings is 1. The van der Waals surface area contributed by atoms with Crippen molar-refractivity contribution in [1.82, 2.24) is 20.1 Å². The van der Waals surface area contributed by atoms with E-state index in [0.717, 1.165) is 5.56 Å². The predicted molar refractivity (Wildman–Crippen MR) is 101 cm³/mol. The molecule has 7 heteroatoms. The molecule has 1 aromatic carbocycles. The summed E-state index contributed by atoms with van der Waals surface area (Å²) in [7, 11) is 0. The van der Waals surface area contributed by atoms with Crippen LogP contribution in [0.1, 0.15) is 32.2 Å². The third-order valence-electron chi connectivity index (χ3n) is 3.51. The van der Waals surface area contributed by atoms with E-state index in [4.69, 9.17) is 0 Å². The number of hydrogen-bond donors (Lipinski definition) is 2. The van der Waals surface area contributed by atoms with Crippen LogP contribution in [0.25, 0.3) is 6.08 Å². The predicted octanol–water partition coefficient (Wildman–Crippen LogP) is 2.50. The highest BCUT2D eigenvalue weighted by Gasteiger charge is 2.16. The molecule has 0 spiro atoms. The molecule has 2 amide bonds. The molecule has 0 atom stereocenters. The van der Waals surface area contributed by atoms with Gasteiger partial charge in [-0.1, -0.05) is 56.3 Å². The second-order valence-corrected chi connectivity index (χ2v) is 6.47. The zero-order chi connectivity index (χ0) is 18.9. The molecule has 0 saturated carbocycles. The molecule has 0 saturated heterocycles. The summed E-state index contributed by atoms with van der Waals surface area (Å²) < 4.78 is 0. The molecule has 0 fully saturated rings. The average Bonchev–Trinajstić information content (AvgIpc) is 3.00. The molecule has 0 aliphatic rings. The van der Waals surface area contributed by atoms with Crippen LogP contribution in [0, 0.1) is 5.92 Å². The Morgan fingerprint density at radius 3 is 2.65 bits per heavy atom. The van der Waals surface area contributed by atoms with Crippen LogP contribution in [-0.2, 0) is 16.0 Å². The Morgan fingerprint density at radius 2 is 2.00 bits per heavy atom. The van der Waals surface area contributed by atoms with Crippen molar-refractivity contribution >= 4 is 23.8 Å². The van der Waals surface area contributed by atoms with Crippen LogP contribution in [-0.4, -0.2) is 45.0 Å². The highest BCUT2D eigenvalue weighted by atomic mass is 16.2. The molecule has 0 unspecified atom stereocenters. The third-order valence-corrected chi connectivity index (χ3v) is 3.51. The lowest BCUT2D eigenvalue weighted by atomic mass is 10.2. The standard InChI is InChI=1S/C19H25N5O2/c1-14(2)13-24(11-7-10-16-8-5-4-6-9-16)18(26)12-17-21-19(23-22-17)20-15(3)25/h4-10,14H,11-13H2,1-3H3,(H2,20,21,22,23,25)/b10-7+. The average molecular weight is 355 g/mol. The van der Waals surface area contributed by atoms with Crippen molar-refractivity contribution < 1.29 is 9.59 Å². The van der Waals surface area contributed by atoms with E-state index in [2.05, 4.69) is 34.3 Å². The maximum Gasteiger partial charge on any atom is 0.248 e. The highest BCUT2D eigenvalue weighted by molar-refractivity contribution is 5.86. The van der Waals surface area contributed by atoms with Crippen molar-refractivity contribution in [1.29, 1.82) is 0 Å². The molecule has 26 heavy (non-hydrogen) atoms. The molecule has 0 aliphatic carbocycles. The van der Waals surface area contributed by atoms with Crippen LogP contribution in [0.4, 0.5) is 5.95 Å². The number of rotatable bonds is 8. The lowest BCUT2D eigenvalue weighted by molar-refractivity contribution is -0.130. The molecule has 2 aromatic rings. The van der Waals surface area contributed by atoms with E-state index < -0.39 is 0 Å². The van der Waals surface area contributed by atoms with Crippen LogP contribution < -0.4 is 5.32 Å². The van der Waals surface area contributed by atoms with Gasteiger partial charge in [0.05, 0.1) is 6.42 Å². The Bertz CT molecular complexity index is 752. The fourth-order valence-corrected chi connectivity index (χ4v) is 2.44. The van der Waals surface area contributed by atoms with E-state index in [1.807, 2.05) is 42.5 Å². The first-order chi connectivity index (χ1) is 12.4. The molecule has 0 radical (unpaired) electrons. The minimum Gasteiger partial charge on any atom is -0.338 e. The second kappa shape index (κ2) is 9.50. The normalized spacial score (nSPS) is 11.1. The minimum absolute atomic E-state index is 0.0399. The number of amides is 2. The van der Waals surface area contributed by atoms with Gasteiger partial charge in [0.1, 0.15) is 5.82 Å². The molecule has 138 valence electrons. The van der Waals surface area contributed by atoms with Gasteiger partial charge in [0.25, 0.3) is 0 Å². The van der Waals surface area contributed by atoms with Crippen LogP contribution in [0.2, 0.25) is 0 Å². The Hall–Kier alpha value is -2.96. The fraction of sp³-hybridized carbons (Fsp3) is 0.368. The number of carbonyl (C=O) groups excluding carboxylic acids is 2. The van der Waals surface area contributed by atoms with Crippen molar-refractivity contribution in [3.05, 3.63) is 47.8 Å². The maximum atomic E-state index is 12.6. The van der Waals surface area contributed by atoms with Gasteiger partial charge in [-0.05, 0) is 11.5 Å². The quantitative estimate of drug-likeness (QED) is 0.761. The number of aromatic amines is 1. The molecule has 7 nitrogen and oxygen atoms in total. The molecule has 0 aliphatic heterocycles. The first-order valence-electron chi connectivity index (χ1n) is 8.62. The van der Waals surface area contributed by atoms with Gasteiger partial charge in [-0.2, -0.15) is 4.98 Å². The molecule has 2 rings (SSSR count). The Balaban J connectivity index is 1.98. The maximum absolute atomic E-state index is 12.6. The van der Waals surface area contributed by atoms with Crippen LogP contribution in [0.5, 0.6) is 0 Å². The Kier molecular flexibility index (Phi) is 7.08. The SMILES string of the molecule is CC(=O)Nc1n[nH]c(CC(=O)N(C/C=C/c2ccccc2)CC(C)C)n1. The number of hydrogen-bond acceptors (Lipinski definition) is 4. The van der Waals surface area contributed by atoms with Gasteiger partial charge in [-0.3, -0.25) is 20.0 Å². The fourth-order valence-electron chi connectivity index (χ4n) is 2.44. The number of nitrogens with one attached hydrogen (secondary N) is 2. The van der Waals surface area contributed by atoms with E-state index in [-0.39, 0.29) is 24.2 Å². The second-order valence-electron chi connectivity index (χ2n) is 6.47. The van der Waals surface area contributed by atoms with Gasteiger partial charge in [-0.15, -0.1) is 5.10 Å². The van der Waals surface area contributed by atoms with Gasteiger partial charge in [0.2, 0.25) is 17.8 Å². The minimum atomic E-state index is -0.255. The largest absolute Gasteiger partial charge is 0.338 e. The summed E-state index contributed by atoms with van der Waals surface area (Å²) in [6.07, 6.45) is 4.10. The van der Waals surface area contributed by atoms with Gasteiger partial charge in [0.15, 0.2) is 0 Å². The summed E-state index contributed by atoms with van der Waals surface area (Å²) in [4.78, 5) is 29.6. The van der Waals surface area contributed by atoms with Crippen molar-refractivity contribution in [2.24, 2.45) is 5.92 Å². The summed E-state index contributed by atoms with van der Waals surface area (Å²) in [5, 5.41) is 9.05. The van der Waals surface area contributed by atoms with Crippen molar-refractivity contribution in [2.45, 2.75) is 27.2 Å². The lowest BCUT2D eigenvalue weighted by Gasteiger charge is -2.23. The smallest absolute Gasteiger partial charge is 0.248 e. The van der Waals surface area contributed by atoms with Crippen molar-refractivity contribution in [3.63, 3.8) is 0 Å². The van der Waals surface area contributed by atoms with Gasteiger partial charge in [-0.25, -0.2) is 0 Å². The van der Waals surface area contributed by atoms with E-state index in [1.54, 1.807) is 4.90 Å². The van der Waals surface area contributed by atoms with E-state index in [9.17, 15) is 9.59 Å². The molecular formula is C19H25N5O2. The number of H-pyrrole nitrogens is 1. The summed E-state index contributed by atoms with van der Waals surface area (Å²) in [6, 6.07) is 9.96. The third kappa shape index (κ3) is 6.51. The van der Waals surface area contributed by atoms with E-state index in [0.29, 0.717) is 24.8 Å². The molecule has 1 aromatic heterocycles. The zero-order valence-electron chi connectivity index (χ0n) is 15.4. The summed E-state index contributed by atoms with van der Waals surface area (Å²) >= 11 is 0. The van der Waals surface area contributed by atoms with Crippen LogP contribution in [0.15, 0.2) is 36.4 Å². The van der Waals surface area contributed by atoms with Gasteiger partial charge < -0.3 is 4.90 Å². The topological polar surface area (TPSA) is 91.0 Å². The van der Waals surface area contributed by atoms with Crippen molar-refractivity contribution in [2.75, 3.05) is 18.4 Å². The molecular weight excluding hydrogens is 330 g/mol. The van der Waals surface area contributed by atoms with Crippen LogP contribution in [0.3, 0.4) is 0 Å². The summed E-state index contributed by atoms with van der Waals surface area (Å²) in [6.45, 7) is 6.71. The number of carbonyl (C=O) groups is 2. The number of aromatic nitrogens is 3. The van der Waals surface area contributed by atoms with E-state index in [1.165, 1.54) is 6.92 Å². The van der Waals surface area contributed by atoms with Gasteiger partial charge in [0, 0.05) is 20.0 Å². The Labute approximate surface area is 153 Å². The van der Waals surface area contributed by atoms with E-state index >= 15 is 0 Å². The monoisotopic (exact) mass is 355 g/mol. The first-order valence-corrected chi connectivity index (χ1v) is 8.62. The molecule has 1 heterocycles. The molecule has 2 N–H and O–H groups in total.